The summed E-state index contributed by atoms with van der Waals surface area (Å²) in [7, 11) is 3.47. The van der Waals surface area contributed by atoms with E-state index in [-0.39, 0.29) is 5.41 Å². The summed E-state index contributed by atoms with van der Waals surface area (Å²) < 4.78 is 11.5. The molecule has 0 spiro atoms. The molecule has 0 heterocycles. The van der Waals surface area contributed by atoms with Crippen LogP contribution in [0.5, 0.6) is 11.5 Å². The van der Waals surface area contributed by atoms with Crippen LogP contribution in [0.4, 0.5) is 0 Å². The zero-order chi connectivity index (χ0) is 18.3. The van der Waals surface area contributed by atoms with E-state index in [4.69, 9.17) is 9.47 Å². The smallest absolute Gasteiger partial charge is 0.130 e. The molecule has 0 saturated heterocycles. The summed E-state index contributed by atoms with van der Waals surface area (Å²) >= 11 is 0. The molecule has 2 rings (SSSR count). The summed E-state index contributed by atoms with van der Waals surface area (Å²) in [6.45, 7) is 6.88. The molecule has 0 bridgehead atoms. The van der Waals surface area contributed by atoms with Crippen molar-refractivity contribution in [2.45, 2.75) is 58.3 Å². The minimum Gasteiger partial charge on any atom is -0.496 e. The molecule has 0 radical (unpaired) electrons. The molecule has 2 nitrogen and oxygen atoms in total. The third-order valence-electron chi connectivity index (χ3n) is 5.01. The van der Waals surface area contributed by atoms with Crippen LogP contribution in [-0.4, -0.2) is 14.2 Å². The highest BCUT2D eigenvalue weighted by atomic mass is 16.5. The Morgan fingerprint density at radius 1 is 0.840 bits per heavy atom. The van der Waals surface area contributed by atoms with E-state index >= 15 is 0 Å². The van der Waals surface area contributed by atoms with Gasteiger partial charge in [0.25, 0.3) is 0 Å². The molecule has 0 N–H and O–H groups in total. The molecule has 2 heteroatoms. The molecule has 0 aliphatic heterocycles. The second-order valence-electron chi connectivity index (χ2n) is 7.32. The van der Waals surface area contributed by atoms with Gasteiger partial charge in [0.15, 0.2) is 0 Å². The minimum atomic E-state index is 0.101. The first-order valence-corrected chi connectivity index (χ1v) is 9.35. The standard InChI is InChI=1S/C23H32O2/c1-6-7-8-12-15-23(2,3)19-16-20(24-4)22(21(17-19)25-5)18-13-10-9-11-14-18/h9-11,13-14,16-17H,6-8,12,15H2,1-5H3. The molecular weight excluding hydrogens is 308 g/mol. The fourth-order valence-electron chi connectivity index (χ4n) is 3.33. The number of hydrogen-bond donors (Lipinski definition) is 0. The Morgan fingerprint density at radius 2 is 1.44 bits per heavy atom. The van der Waals surface area contributed by atoms with E-state index in [2.05, 4.69) is 45.0 Å². The molecule has 25 heavy (non-hydrogen) atoms. The predicted octanol–water partition coefficient (Wildman–Crippen LogP) is 6.62. The molecule has 0 aliphatic rings. The number of methoxy groups -OCH3 is 2. The van der Waals surface area contributed by atoms with Gasteiger partial charge < -0.3 is 9.47 Å². The third-order valence-corrected chi connectivity index (χ3v) is 5.01. The van der Waals surface area contributed by atoms with E-state index in [1.807, 2.05) is 18.2 Å². The van der Waals surface area contributed by atoms with Crippen LogP contribution in [0, 0.1) is 0 Å². The van der Waals surface area contributed by atoms with E-state index in [0.29, 0.717) is 0 Å². The largest absolute Gasteiger partial charge is 0.496 e. The fourth-order valence-corrected chi connectivity index (χ4v) is 3.33. The SMILES string of the molecule is CCCCCCC(C)(C)c1cc(OC)c(-c2ccccc2)c(OC)c1. The monoisotopic (exact) mass is 340 g/mol. The molecule has 0 aliphatic carbocycles. The molecule has 0 aromatic heterocycles. The number of ether oxygens (including phenoxy) is 2. The highest BCUT2D eigenvalue weighted by Gasteiger charge is 2.24. The van der Waals surface area contributed by atoms with Crippen LogP contribution in [0.2, 0.25) is 0 Å². The lowest BCUT2D eigenvalue weighted by Crippen LogP contribution is -2.17. The average molecular weight is 341 g/mol. The van der Waals surface area contributed by atoms with Gasteiger partial charge in [-0.3, -0.25) is 0 Å². The van der Waals surface area contributed by atoms with Crippen molar-refractivity contribution in [1.29, 1.82) is 0 Å². The predicted molar refractivity (Wildman–Crippen MR) is 107 cm³/mol. The van der Waals surface area contributed by atoms with Crippen LogP contribution in [0.3, 0.4) is 0 Å². The van der Waals surface area contributed by atoms with Gasteiger partial charge in [-0.25, -0.2) is 0 Å². The van der Waals surface area contributed by atoms with E-state index in [1.54, 1.807) is 14.2 Å². The Labute approximate surface area is 153 Å². The fraction of sp³-hybridized carbons (Fsp3) is 0.478. The molecule has 0 saturated carbocycles. The second-order valence-corrected chi connectivity index (χ2v) is 7.32. The normalized spacial score (nSPS) is 11.4. The van der Waals surface area contributed by atoms with Crippen LogP contribution in [-0.2, 0) is 5.41 Å². The first kappa shape index (κ1) is 19.4. The summed E-state index contributed by atoms with van der Waals surface area (Å²) in [6.07, 6.45) is 6.32. The van der Waals surface area contributed by atoms with E-state index in [9.17, 15) is 0 Å². The topological polar surface area (TPSA) is 18.5 Å². The van der Waals surface area contributed by atoms with Crippen molar-refractivity contribution in [3.63, 3.8) is 0 Å². The lowest BCUT2D eigenvalue weighted by molar-refractivity contribution is 0.389. The third kappa shape index (κ3) is 4.78. The van der Waals surface area contributed by atoms with Gasteiger partial charge in [0.2, 0.25) is 0 Å². The number of rotatable bonds is 9. The molecule has 0 unspecified atom stereocenters. The average Bonchev–Trinajstić information content (AvgIpc) is 2.64. The van der Waals surface area contributed by atoms with Crippen molar-refractivity contribution in [2.24, 2.45) is 0 Å². The Balaban J connectivity index is 2.38. The van der Waals surface area contributed by atoms with Crippen LogP contribution in [0.15, 0.2) is 42.5 Å². The Bertz CT molecular complexity index is 634. The Morgan fingerprint density at radius 3 is 1.96 bits per heavy atom. The molecule has 0 atom stereocenters. The van der Waals surface area contributed by atoms with Gasteiger partial charge in [-0.2, -0.15) is 0 Å². The number of hydrogen-bond acceptors (Lipinski definition) is 2. The van der Waals surface area contributed by atoms with Crippen molar-refractivity contribution < 1.29 is 9.47 Å². The zero-order valence-corrected chi connectivity index (χ0v) is 16.4. The van der Waals surface area contributed by atoms with Crippen molar-refractivity contribution in [3.8, 4) is 22.6 Å². The van der Waals surface area contributed by atoms with Gasteiger partial charge in [0, 0.05) is 0 Å². The van der Waals surface area contributed by atoms with Gasteiger partial charge in [0.1, 0.15) is 11.5 Å². The van der Waals surface area contributed by atoms with E-state index in [0.717, 1.165) is 22.6 Å². The summed E-state index contributed by atoms with van der Waals surface area (Å²) in [5, 5.41) is 0. The summed E-state index contributed by atoms with van der Waals surface area (Å²) in [5.41, 5.74) is 3.51. The quantitative estimate of drug-likeness (QED) is 0.478. The van der Waals surface area contributed by atoms with Crippen LogP contribution >= 0.6 is 0 Å². The summed E-state index contributed by atoms with van der Waals surface area (Å²) in [5.74, 6) is 1.75. The van der Waals surface area contributed by atoms with Crippen molar-refractivity contribution in [2.75, 3.05) is 14.2 Å². The van der Waals surface area contributed by atoms with Gasteiger partial charge in [-0.15, -0.1) is 0 Å². The minimum absolute atomic E-state index is 0.101. The van der Waals surface area contributed by atoms with Crippen LogP contribution in [0.1, 0.15) is 58.4 Å². The van der Waals surface area contributed by atoms with Gasteiger partial charge in [-0.05, 0) is 35.1 Å². The first-order chi connectivity index (χ1) is 12.0. The molecule has 136 valence electrons. The van der Waals surface area contributed by atoms with Gasteiger partial charge >= 0.3 is 0 Å². The Kier molecular flexibility index (Phi) is 6.92. The number of benzene rings is 2. The van der Waals surface area contributed by atoms with Crippen LogP contribution in [0.25, 0.3) is 11.1 Å². The summed E-state index contributed by atoms with van der Waals surface area (Å²) in [6, 6.07) is 14.7. The lowest BCUT2D eigenvalue weighted by Gasteiger charge is -2.27. The van der Waals surface area contributed by atoms with Crippen molar-refractivity contribution >= 4 is 0 Å². The maximum Gasteiger partial charge on any atom is 0.130 e. The number of unbranched alkanes of at least 4 members (excludes halogenated alkanes) is 3. The maximum absolute atomic E-state index is 5.74. The van der Waals surface area contributed by atoms with Crippen molar-refractivity contribution in [3.05, 3.63) is 48.0 Å². The Hall–Kier alpha value is -1.96. The molecule has 2 aromatic carbocycles. The zero-order valence-electron chi connectivity index (χ0n) is 16.4. The lowest BCUT2D eigenvalue weighted by atomic mass is 9.79. The highest BCUT2D eigenvalue weighted by Crippen LogP contribution is 2.43. The molecule has 0 fully saturated rings. The summed E-state index contributed by atoms with van der Waals surface area (Å²) in [4.78, 5) is 0. The van der Waals surface area contributed by atoms with Gasteiger partial charge in [-0.1, -0.05) is 76.8 Å². The maximum atomic E-state index is 5.74. The molecule has 0 amide bonds. The van der Waals surface area contributed by atoms with Gasteiger partial charge in [0.05, 0.1) is 19.8 Å². The van der Waals surface area contributed by atoms with E-state index < -0.39 is 0 Å². The molecule has 2 aromatic rings. The van der Waals surface area contributed by atoms with Crippen molar-refractivity contribution in [1.82, 2.24) is 0 Å². The van der Waals surface area contributed by atoms with E-state index in [1.165, 1.54) is 37.7 Å². The first-order valence-electron chi connectivity index (χ1n) is 9.35. The van der Waals surface area contributed by atoms with Crippen LogP contribution < -0.4 is 9.47 Å². The highest BCUT2D eigenvalue weighted by molar-refractivity contribution is 5.77. The second kappa shape index (κ2) is 8.94. The molecular formula is C23H32O2.